The van der Waals surface area contributed by atoms with Crippen LogP contribution in [0.25, 0.3) is 0 Å². The van der Waals surface area contributed by atoms with E-state index in [0.717, 1.165) is 12.1 Å². The molecule has 1 atom stereocenters. The molecule has 20 heavy (non-hydrogen) atoms. The summed E-state index contributed by atoms with van der Waals surface area (Å²) in [6, 6.07) is 2.49. The molecule has 114 valence electrons. The second kappa shape index (κ2) is 6.30. The maximum Gasteiger partial charge on any atom is 0.417 e. The van der Waals surface area contributed by atoms with Crippen LogP contribution in [0.3, 0.4) is 0 Å². The SMILES string of the molecule is COC(C)CNS(=O)(=O)c1ccc(Cl)cc1C(F)(F)F. The van der Waals surface area contributed by atoms with Crippen molar-refractivity contribution in [1.29, 1.82) is 0 Å². The Morgan fingerprint density at radius 1 is 1.40 bits per heavy atom. The van der Waals surface area contributed by atoms with Crippen LogP contribution in [0.1, 0.15) is 12.5 Å². The van der Waals surface area contributed by atoms with Gasteiger partial charge in [0.05, 0.1) is 16.6 Å². The normalized spacial score (nSPS) is 14.3. The Kier molecular flexibility index (Phi) is 5.42. The second-order valence-electron chi connectivity index (χ2n) is 4.04. The zero-order valence-electron chi connectivity index (χ0n) is 10.7. The molecular formula is C11H13ClF3NO3S. The van der Waals surface area contributed by atoms with Gasteiger partial charge in [-0.25, -0.2) is 13.1 Å². The number of ether oxygens (including phenoxy) is 1. The first-order valence-electron chi connectivity index (χ1n) is 5.47. The molecule has 1 unspecified atom stereocenters. The van der Waals surface area contributed by atoms with E-state index >= 15 is 0 Å². The summed E-state index contributed by atoms with van der Waals surface area (Å²) in [5.41, 5.74) is -1.30. The lowest BCUT2D eigenvalue weighted by molar-refractivity contribution is -0.139. The predicted octanol–water partition coefficient (Wildman–Crippen LogP) is 2.67. The molecule has 0 spiro atoms. The Balaban J connectivity index is 3.18. The molecule has 0 bridgehead atoms. The molecule has 9 heteroatoms. The van der Waals surface area contributed by atoms with Crippen LogP contribution in [-0.4, -0.2) is 28.2 Å². The molecule has 0 radical (unpaired) electrons. The zero-order valence-corrected chi connectivity index (χ0v) is 12.2. The lowest BCUT2D eigenvalue weighted by atomic mass is 10.2. The van der Waals surface area contributed by atoms with Crippen LogP contribution in [-0.2, 0) is 20.9 Å². The number of methoxy groups -OCH3 is 1. The Hall–Kier alpha value is -0.830. The fourth-order valence-electron chi connectivity index (χ4n) is 1.35. The van der Waals surface area contributed by atoms with Crippen LogP contribution in [0.4, 0.5) is 13.2 Å². The minimum Gasteiger partial charge on any atom is -0.380 e. The standard InChI is InChI=1S/C11H13ClF3NO3S/c1-7(19-2)6-16-20(17,18)10-4-3-8(12)5-9(10)11(13,14)15/h3-5,7,16H,6H2,1-2H3. The van der Waals surface area contributed by atoms with Crippen LogP contribution < -0.4 is 4.72 Å². The number of hydrogen-bond acceptors (Lipinski definition) is 3. The average molecular weight is 332 g/mol. The minimum atomic E-state index is -4.82. The number of hydrogen-bond donors (Lipinski definition) is 1. The lowest BCUT2D eigenvalue weighted by Crippen LogP contribution is -2.32. The summed E-state index contributed by atoms with van der Waals surface area (Å²) in [6.45, 7) is 1.44. The van der Waals surface area contributed by atoms with Crippen LogP contribution in [0, 0.1) is 0 Å². The smallest absolute Gasteiger partial charge is 0.380 e. The van der Waals surface area contributed by atoms with Crippen molar-refractivity contribution in [2.24, 2.45) is 0 Å². The third-order valence-electron chi connectivity index (χ3n) is 2.50. The third kappa shape index (κ3) is 4.34. The Labute approximate surface area is 119 Å². The summed E-state index contributed by atoms with van der Waals surface area (Å²) in [5, 5.41) is -0.193. The number of benzene rings is 1. The molecule has 0 aliphatic heterocycles. The molecule has 0 saturated carbocycles. The van der Waals surface area contributed by atoms with Gasteiger partial charge < -0.3 is 4.74 Å². The van der Waals surface area contributed by atoms with Crippen molar-refractivity contribution in [2.75, 3.05) is 13.7 Å². The van der Waals surface area contributed by atoms with Gasteiger partial charge in [0, 0.05) is 18.7 Å². The van der Waals surface area contributed by atoms with E-state index in [1.165, 1.54) is 7.11 Å². The number of rotatable bonds is 5. The molecule has 1 N–H and O–H groups in total. The summed E-state index contributed by atoms with van der Waals surface area (Å²) in [6.07, 6.45) is -5.28. The van der Waals surface area contributed by atoms with E-state index in [1.54, 1.807) is 6.92 Å². The first-order chi connectivity index (χ1) is 9.08. The molecule has 4 nitrogen and oxygen atoms in total. The van der Waals surface area contributed by atoms with E-state index in [1.807, 2.05) is 0 Å². The highest BCUT2D eigenvalue weighted by Gasteiger charge is 2.37. The lowest BCUT2D eigenvalue weighted by Gasteiger charge is -2.15. The predicted molar refractivity (Wildman–Crippen MR) is 68.1 cm³/mol. The maximum absolute atomic E-state index is 12.8. The first-order valence-corrected chi connectivity index (χ1v) is 7.33. The van der Waals surface area contributed by atoms with Crippen molar-refractivity contribution in [2.45, 2.75) is 24.1 Å². The van der Waals surface area contributed by atoms with Gasteiger partial charge in [0.15, 0.2) is 0 Å². The van der Waals surface area contributed by atoms with E-state index < -0.39 is 32.8 Å². The molecule has 1 rings (SSSR count). The molecular weight excluding hydrogens is 319 g/mol. The van der Waals surface area contributed by atoms with Gasteiger partial charge in [0.1, 0.15) is 0 Å². The summed E-state index contributed by atoms with van der Waals surface area (Å²) >= 11 is 5.49. The van der Waals surface area contributed by atoms with Crippen molar-refractivity contribution in [3.8, 4) is 0 Å². The summed E-state index contributed by atoms with van der Waals surface area (Å²) in [4.78, 5) is -0.863. The summed E-state index contributed by atoms with van der Waals surface area (Å²) in [7, 11) is -2.94. The van der Waals surface area contributed by atoms with Crippen molar-refractivity contribution < 1.29 is 26.3 Å². The fourth-order valence-corrected chi connectivity index (χ4v) is 2.84. The average Bonchev–Trinajstić information content (AvgIpc) is 2.34. The number of halogens is 4. The van der Waals surface area contributed by atoms with Crippen molar-refractivity contribution in [1.82, 2.24) is 4.72 Å². The van der Waals surface area contributed by atoms with Crippen molar-refractivity contribution in [3.63, 3.8) is 0 Å². The van der Waals surface area contributed by atoms with Crippen LogP contribution in [0.5, 0.6) is 0 Å². The third-order valence-corrected chi connectivity index (χ3v) is 4.22. The molecule has 0 amide bonds. The van der Waals surface area contributed by atoms with E-state index in [4.69, 9.17) is 16.3 Å². The fraction of sp³-hybridized carbons (Fsp3) is 0.455. The van der Waals surface area contributed by atoms with Gasteiger partial charge in [0.2, 0.25) is 10.0 Å². The number of alkyl halides is 3. The zero-order chi connectivity index (χ0) is 15.6. The van der Waals surface area contributed by atoms with Gasteiger partial charge in [-0.1, -0.05) is 11.6 Å². The van der Waals surface area contributed by atoms with E-state index in [0.29, 0.717) is 6.07 Å². The Bertz CT molecular complexity index is 575. The molecule has 0 fully saturated rings. The monoisotopic (exact) mass is 331 g/mol. The molecule has 0 saturated heterocycles. The van der Waals surface area contributed by atoms with Crippen LogP contribution in [0.15, 0.2) is 23.1 Å². The van der Waals surface area contributed by atoms with Gasteiger partial charge in [0.25, 0.3) is 0 Å². The quantitative estimate of drug-likeness (QED) is 0.902. The largest absolute Gasteiger partial charge is 0.417 e. The summed E-state index contributed by atoms with van der Waals surface area (Å²) in [5.74, 6) is 0. The van der Waals surface area contributed by atoms with Crippen molar-refractivity contribution in [3.05, 3.63) is 28.8 Å². The minimum absolute atomic E-state index is 0.140. The van der Waals surface area contributed by atoms with Gasteiger partial charge >= 0.3 is 6.18 Å². The van der Waals surface area contributed by atoms with Gasteiger partial charge in [-0.3, -0.25) is 0 Å². The van der Waals surface area contributed by atoms with E-state index in [-0.39, 0.29) is 11.6 Å². The van der Waals surface area contributed by atoms with Gasteiger partial charge in [-0.15, -0.1) is 0 Å². The molecule has 0 aliphatic carbocycles. The van der Waals surface area contributed by atoms with Crippen molar-refractivity contribution >= 4 is 21.6 Å². The first kappa shape index (κ1) is 17.2. The molecule has 0 aliphatic rings. The Morgan fingerprint density at radius 2 is 2.00 bits per heavy atom. The highest BCUT2D eigenvalue weighted by molar-refractivity contribution is 7.89. The number of nitrogens with one attached hydrogen (secondary N) is 1. The van der Waals surface area contributed by atoms with E-state index in [2.05, 4.69) is 4.72 Å². The highest BCUT2D eigenvalue weighted by Crippen LogP contribution is 2.35. The van der Waals surface area contributed by atoms with Crippen LogP contribution >= 0.6 is 11.6 Å². The van der Waals surface area contributed by atoms with E-state index in [9.17, 15) is 21.6 Å². The van der Waals surface area contributed by atoms with Gasteiger partial charge in [-0.2, -0.15) is 13.2 Å². The molecule has 1 aromatic carbocycles. The topological polar surface area (TPSA) is 55.4 Å². The van der Waals surface area contributed by atoms with Crippen LogP contribution in [0.2, 0.25) is 5.02 Å². The summed E-state index contributed by atoms with van der Waals surface area (Å²) < 4.78 is 69.3. The molecule has 0 heterocycles. The molecule has 0 aromatic heterocycles. The highest BCUT2D eigenvalue weighted by atomic mass is 35.5. The van der Waals surface area contributed by atoms with Gasteiger partial charge in [-0.05, 0) is 25.1 Å². The Morgan fingerprint density at radius 3 is 2.50 bits per heavy atom. The molecule has 1 aromatic rings. The number of sulfonamides is 1. The maximum atomic E-state index is 12.8. The second-order valence-corrected chi connectivity index (χ2v) is 6.21.